The summed E-state index contributed by atoms with van der Waals surface area (Å²) in [6, 6.07) is 9.45. The summed E-state index contributed by atoms with van der Waals surface area (Å²) >= 11 is 0. The summed E-state index contributed by atoms with van der Waals surface area (Å²) < 4.78 is 5.07. The summed E-state index contributed by atoms with van der Waals surface area (Å²) in [6.07, 6.45) is 1.42. The van der Waals surface area contributed by atoms with Crippen LogP contribution in [-0.2, 0) is 11.3 Å². The van der Waals surface area contributed by atoms with Crippen molar-refractivity contribution in [3.05, 3.63) is 47.8 Å². The molecule has 1 aromatic carbocycles. The van der Waals surface area contributed by atoms with Gasteiger partial charge in [-0.3, -0.25) is 0 Å². The minimum atomic E-state index is -0.479. The van der Waals surface area contributed by atoms with Gasteiger partial charge in [0.05, 0.1) is 6.20 Å². The summed E-state index contributed by atoms with van der Waals surface area (Å²) in [5.41, 5.74) is 12.4. The van der Waals surface area contributed by atoms with E-state index in [2.05, 4.69) is 27.1 Å². The molecule has 118 valence electrons. The fourth-order valence-corrected chi connectivity index (χ4v) is 1.63. The van der Waals surface area contributed by atoms with E-state index in [9.17, 15) is 4.79 Å². The number of nitrogen functional groups attached to an aromatic ring is 2. The van der Waals surface area contributed by atoms with Crippen LogP contribution in [0.2, 0.25) is 0 Å². The first-order valence-corrected chi connectivity index (χ1v) is 6.96. The number of nitrogens with one attached hydrogen (secondary N) is 1. The smallest absolute Gasteiger partial charge is 0.407 e. The lowest BCUT2D eigenvalue weighted by molar-refractivity contribution is 0.140. The van der Waals surface area contributed by atoms with E-state index in [0.29, 0.717) is 18.7 Å². The van der Waals surface area contributed by atoms with Crippen molar-refractivity contribution in [3.63, 3.8) is 0 Å². The molecule has 5 N–H and O–H groups in total. The van der Waals surface area contributed by atoms with Gasteiger partial charge in [0.1, 0.15) is 12.3 Å². The van der Waals surface area contributed by atoms with Crippen LogP contribution in [0.25, 0.3) is 0 Å². The number of alkyl carbamates (subject to hydrolysis) is 1. The molecule has 7 nitrogen and oxygen atoms in total. The van der Waals surface area contributed by atoms with E-state index < -0.39 is 6.09 Å². The van der Waals surface area contributed by atoms with Crippen molar-refractivity contribution in [1.82, 2.24) is 15.3 Å². The molecule has 0 bridgehead atoms. The standard InChI is InChI=1S/C16H17N5O2/c17-14-15(18)21-13(10-20-14)8-4-5-9-19-16(22)23-11-12-6-2-1-3-7-12/h1-3,6-7,10H,5,9,11H2,(H2,17,20)(H2,18,21)(H,19,22). The topological polar surface area (TPSA) is 116 Å². The average Bonchev–Trinajstić information content (AvgIpc) is 2.57. The van der Waals surface area contributed by atoms with Gasteiger partial charge >= 0.3 is 6.09 Å². The lowest BCUT2D eigenvalue weighted by Gasteiger charge is -2.05. The molecular weight excluding hydrogens is 294 g/mol. The fraction of sp³-hybridized carbons (Fsp3) is 0.188. The minimum Gasteiger partial charge on any atom is -0.445 e. The summed E-state index contributed by atoms with van der Waals surface area (Å²) in [4.78, 5) is 19.3. The third-order valence-corrected chi connectivity index (χ3v) is 2.78. The van der Waals surface area contributed by atoms with Crippen LogP contribution in [0, 0.1) is 11.8 Å². The average molecular weight is 311 g/mol. The largest absolute Gasteiger partial charge is 0.445 e. The monoisotopic (exact) mass is 311 g/mol. The normalized spacial score (nSPS) is 9.57. The van der Waals surface area contributed by atoms with Crippen molar-refractivity contribution in [2.24, 2.45) is 0 Å². The number of hydrogen-bond acceptors (Lipinski definition) is 6. The van der Waals surface area contributed by atoms with Gasteiger partial charge in [0.15, 0.2) is 11.6 Å². The van der Waals surface area contributed by atoms with Gasteiger partial charge in [0.2, 0.25) is 0 Å². The van der Waals surface area contributed by atoms with Gasteiger partial charge in [-0.2, -0.15) is 0 Å². The molecule has 0 atom stereocenters. The number of nitrogens with two attached hydrogens (primary N) is 2. The number of carbonyl (C=O) groups excluding carboxylic acids is 1. The third kappa shape index (κ3) is 5.55. The molecule has 0 aliphatic heterocycles. The summed E-state index contributed by atoms with van der Waals surface area (Å²) in [5, 5.41) is 2.62. The first-order chi connectivity index (χ1) is 11.1. The van der Waals surface area contributed by atoms with Gasteiger partial charge in [0.25, 0.3) is 0 Å². The number of amides is 1. The predicted octanol–water partition coefficient (Wildman–Crippen LogP) is 1.31. The number of anilines is 2. The Morgan fingerprint density at radius 3 is 2.74 bits per heavy atom. The van der Waals surface area contributed by atoms with Crippen molar-refractivity contribution in [3.8, 4) is 11.8 Å². The molecule has 2 aromatic rings. The highest BCUT2D eigenvalue weighted by Gasteiger charge is 2.01. The molecule has 1 heterocycles. The van der Waals surface area contributed by atoms with Crippen molar-refractivity contribution in [1.29, 1.82) is 0 Å². The molecule has 1 amide bonds. The Labute approximate surface area is 134 Å². The zero-order valence-corrected chi connectivity index (χ0v) is 12.5. The first-order valence-electron chi connectivity index (χ1n) is 6.96. The molecule has 0 spiro atoms. The van der Waals surface area contributed by atoms with Gasteiger partial charge in [0, 0.05) is 13.0 Å². The SMILES string of the molecule is Nc1ncc(C#CCCNC(=O)OCc2ccccc2)nc1N. The maximum Gasteiger partial charge on any atom is 0.407 e. The van der Waals surface area contributed by atoms with Crippen LogP contribution in [-0.4, -0.2) is 22.6 Å². The minimum absolute atomic E-state index is 0.152. The quantitative estimate of drug-likeness (QED) is 0.579. The highest BCUT2D eigenvalue weighted by atomic mass is 16.5. The molecule has 0 radical (unpaired) electrons. The Morgan fingerprint density at radius 1 is 1.22 bits per heavy atom. The van der Waals surface area contributed by atoms with Crippen molar-refractivity contribution < 1.29 is 9.53 Å². The Bertz CT molecular complexity index is 722. The zero-order chi connectivity index (χ0) is 16.5. The molecule has 0 fully saturated rings. The third-order valence-electron chi connectivity index (χ3n) is 2.78. The van der Waals surface area contributed by atoms with Crippen LogP contribution in [0.15, 0.2) is 36.5 Å². The Balaban J connectivity index is 1.68. The fourth-order valence-electron chi connectivity index (χ4n) is 1.63. The lowest BCUT2D eigenvalue weighted by Crippen LogP contribution is -2.24. The van der Waals surface area contributed by atoms with E-state index in [0.717, 1.165) is 5.56 Å². The number of rotatable bonds is 4. The van der Waals surface area contributed by atoms with Crippen LogP contribution in [0.4, 0.5) is 16.4 Å². The Morgan fingerprint density at radius 2 is 2.00 bits per heavy atom. The highest BCUT2D eigenvalue weighted by Crippen LogP contribution is 2.05. The van der Waals surface area contributed by atoms with Crippen molar-refractivity contribution in [2.75, 3.05) is 18.0 Å². The molecular formula is C16H17N5O2. The number of ether oxygens (including phenoxy) is 1. The molecule has 1 aromatic heterocycles. The van der Waals surface area contributed by atoms with E-state index >= 15 is 0 Å². The molecule has 0 aliphatic rings. The predicted molar refractivity (Wildman–Crippen MR) is 87.0 cm³/mol. The van der Waals surface area contributed by atoms with E-state index in [1.165, 1.54) is 6.20 Å². The highest BCUT2D eigenvalue weighted by molar-refractivity contribution is 5.67. The van der Waals surface area contributed by atoms with Crippen LogP contribution in [0.3, 0.4) is 0 Å². The second kappa shape index (κ2) is 8.24. The molecule has 0 saturated heterocycles. The van der Waals surface area contributed by atoms with Crippen LogP contribution >= 0.6 is 0 Å². The first kappa shape index (κ1) is 16.1. The maximum atomic E-state index is 11.5. The summed E-state index contributed by atoms with van der Waals surface area (Å²) in [5.74, 6) is 5.98. The van der Waals surface area contributed by atoms with Gasteiger partial charge in [-0.1, -0.05) is 36.3 Å². The Kier molecular flexibility index (Phi) is 5.77. The maximum absolute atomic E-state index is 11.5. The van der Waals surface area contributed by atoms with Crippen LogP contribution in [0.5, 0.6) is 0 Å². The zero-order valence-electron chi connectivity index (χ0n) is 12.5. The molecule has 23 heavy (non-hydrogen) atoms. The summed E-state index contributed by atoms with van der Waals surface area (Å²) in [7, 11) is 0. The lowest BCUT2D eigenvalue weighted by atomic mass is 10.2. The van der Waals surface area contributed by atoms with Crippen LogP contribution < -0.4 is 16.8 Å². The number of carbonyl (C=O) groups is 1. The Hall–Kier alpha value is -3.27. The van der Waals surface area contributed by atoms with Gasteiger partial charge < -0.3 is 21.5 Å². The molecule has 2 rings (SSSR count). The van der Waals surface area contributed by atoms with E-state index in [1.807, 2.05) is 30.3 Å². The van der Waals surface area contributed by atoms with Crippen molar-refractivity contribution in [2.45, 2.75) is 13.0 Å². The summed E-state index contributed by atoms with van der Waals surface area (Å²) in [6.45, 7) is 0.608. The number of hydrogen-bond donors (Lipinski definition) is 3. The molecule has 0 saturated carbocycles. The van der Waals surface area contributed by atoms with Crippen molar-refractivity contribution >= 4 is 17.7 Å². The van der Waals surface area contributed by atoms with E-state index in [-0.39, 0.29) is 18.2 Å². The van der Waals surface area contributed by atoms with Crippen LogP contribution in [0.1, 0.15) is 17.7 Å². The molecule has 7 heteroatoms. The second-order valence-electron chi connectivity index (χ2n) is 4.57. The number of benzene rings is 1. The van der Waals surface area contributed by atoms with Gasteiger partial charge in [-0.25, -0.2) is 14.8 Å². The molecule has 0 aliphatic carbocycles. The van der Waals surface area contributed by atoms with Gasteiger partial charge in [-0.05, 0) is 11.5 Å². The number of nitrogens with zero attached hydrogens (tertiary/aromatic N) is 2. The molecule has 0 unspecified atom stereocenters. The van der Waals surface area contributed by atoms with E-state index in [1.54, 1.807) is 0 Å². The second-order valence-corrected chi connectivity index (χ2v) is 4.57. The number of aromatic nitrogens is 2. The van der Waals surface area contributed by atoms with E-state index in [4.69, 9.17) is 16.2 Å². The van der Waals surface area contributed by atoms with Gasteiger partial charge in [-0.15, -0.1) is 0 Å².